The van der Waals surface area contributed by atoms with Crippen LogP contribution in [0.5, 0.6) is 5.75 Å². The molecule has 0 amide bonds. The Labute approximate surface area is 172 Å². The zero-order valence-corrected chi connectivity index (χ0v) is 18.2. The van der Waals surface area contributed by atoms with Crippen molar-refractivity contribution in [2.24, 2.45) is 0 Å². The quantitative estimate of drug-likeness (QED) is 0.229. The lowest BCUT2D eigenvalue weighted by Crippen LogP contribution is -2.35. The molecular weight excluding hydrogens is 346 g/mol. The van der Waals surface area contributed by atoms with Gasteiger partial charge >= 0.3 is 5.97 Å². The van der Waals surface area contributed by atoms with Crippen molar-refractivity contribution >= 4 is 5.97 Å². The van der Waals surface area contributed by atoms with Crippen LogP contribution in [0.3, 0.4) is 0 Å². The Balaban J connectivity index is 1.66. The fourth-order valence-corrected chi connectivity index (χ4v) is 4.14. The lowest BCUT2D eigenvalue weighted by molar-refractivity contribution is -0.134. The molecule has 0 spiro atoms. The van der Waals surface area contributed by atoms with Crippen LogP contribution in [0.2, 0.25) is 0 Å². The average Bonchev–Trinajstić information content (AvgIpc) is 2.71. The molecule has 0 aliphatic heterocycles. The molecule has 0 heterocycles. The summed E-state index contributed by atoms with van der Waals surface area (Å²) >= 11 is 0. The lowest BCUT2D eigenvalue weighted by atomic mass is 9.87. The third-order valence-electron chi connectivity index (χ3n) is 5.83. The van der Waals surface area contributed by atoms with Gasteiger partial charge in [0.2, 0.25) is 0 Å². The van der Waals surface area contributed by atoms with Crippen LogP contribution < -0.4 is 10.1 Å². The third-order valence-corrected chi connectivity index (χ3v) is 5.83. The minimum absolute atomic E-state index is 0.0671. The first-order valence-electron chi connectivity index (χ1n) is 11.8. The predicted octanol–water partition coefficient (Wildman–Crippen LogP) is 6.37. The standard InChI is InChI=1S/C25H41NO2/c1-3-5-6-7-8-9-10-11-12-16-25(27)28-24-15-13-14-21-20-22(26-19-4-2)17-18-23(21)24/h13-15,22,26H,3-12,16-20H2,1-2H3. The highest BCUT2D eigenvalue weighted by atomic mass is 16.5. The van der Waals surface area contributed by atoms with E-state index in [1.165, 1.54) is 62.5 Å². The summed E-state index contributed by atoms with van der Waals surface area (Å²) in [6.07, 6.45) is 16.3. The van der Waals surface area contributed by atoms with Crippen molar-refractivity contribution in [2.75, 3.05) is 6.54 Å². The Kier molecular flexibility index (Phi) is 11.3. The molecule has 1 aromatic carbocycles. The van der Waals surface area contributed by atoms with Crippen LogP contribution in [0, 0.1) is 0 Å². The van der Waals surface area contributed by atoms with Gasteiger partial charge in [-0.05, 0) is 55.8 Å². The number of nitrogens with one attached hydrogen (secondary N) is 1. The number of carbonyl (C=O) groups excluding carboxylic acids is 1. The van der Waals surface area contributed by atoms with E-state index in [-0.39, 0.29) is 5.97 Å². The van der Waals surface area contributed by atoms with Gasteiger partial charge in [-0.25, -0.2) is 0 Å². The van der Waals surface area contributed by atoms with E-state index in [2.05, 4.69) is 25.2 Å². The van der Waals surface area contributed by atoms with Crippen molar-refractivity contribution in [3.63, 3.8) is 0 Å². The summed E-state index contributed by atoms with van der Waals surface area (Å²) in [4.78, 5) is 12.3. The second-order valence-corrected chi connectivity index (χ2v) is 8.34. The monoisotopic (exact) mass is 387 g/mol. The molecule has 1 N–H and O–H groups in total. The van der Waals surface area contributed by atoms with E-state index in [1.807, 2.05) is 12.1 Å². The summed E-state index contributed by atoms with van der Waals surface area (Å²) in [6, 6.07) is 6.74. The minimum Gasteiger partial charge on any atom is -0.426 e. The second-order valence-electron chi connectivity index (χ2n) is 8.34. The van der Waals surface area contributed by atoms with Crippen molar-refractivity contribution < 1.29 is 9.53 Å². The minimum atomic E-state index is -0.0671. The van der Waals surface area contributed by atoms with Gasteiger partial charge in [0.25, 0.3) is 0 Å². The van der Waals surface area contributed by atoms with Gasteiger partial charge in [-0.15, -0.1) is 0 Å². The van der Waals surface area contributed by atoms with Crippen LogP contribution in [0.1, 0.15) is 102 Å². The number of ether oxygens (including phenoxy) is 1. The molecule has 0 fully saturated rings. The number of hydrogen-bond acceptors (Lipinski definition) is 3. The van der Waals surface area contributed by atoms with E-state index in [4.69, 9.17) is 4.74 Å². The van der Waals surface area contributed by atoms with Gasteiger partial charge in [0, 0.05) is 12.5 Å². The second kappa shape index (κ2) is 13.8. The SMILES string of the molecule is CCCCCCCCCCCC(=O)Oc1cccc2c1CCC(NCCC)C2. The molecule has 3 heteroatoms. The molecule has 0 aromatic heterocycles. The Bertz CT molecular complexity index is 570. The van der Waals surface area contributed by atoms with Crippen LogP contribution in [0.25, 0.3) is 0 Å². The van der Waals surface area contributed by atoms with E-state index in [0.29, 0.717) is 12.5 Å². The fraction of sp³-hybridized carbons (Fsp3) is 0.720. The van der Waals surface area contributed by atoms with Crippen molar-refractivity contribution in [2.45, 2.75) is 110 Å². The number of esters is 1. The molecule has 0 radical (unpaired) electrons. The first-order valence-corrected chi connectivity index (χ1v) is 11.8. The molecule has 1 aliphatic carbocycles. The van der Waals surface area contributed by atoms with Crippen LogP contribution in [-0.4, -0.2) is 18.6 Å². The van der Waals surface area contributed by atoms with Gasteiger partial charge in [0.15, 0.2) is 0 Å². The first kappa shape index (κ1) is 22.9. The van der Waals surface area contributed by atoms with Crippen LogP contribution in [0.15, 0.2) is 18.2 Å². The van der Waals surface area contributed by atoms with Crippen molar-refractivity contribution in [3.05, 3.63) is 29.3 Å². The van der Waals surface area contributed by atoms with Crippen molar-refractivity contribution in [3.8, 4) is 5.75 Å². The summed E-state index contributed by atoms with van der Waals surface area (Å²) in [7, 11) is 0. The van der Waals surface area contributed by atoms with E-state index >= 15 is 0 Å². The maximum atomic E-state index is 12.3. The average molecular weight is 388 g/mol. The molecular formula is C25H41NO2. The Morgan fingerprint density at radius 2 is 1.71 bits per heavy atom. The summed E-state index contributed by atoms with van der Waals surface area (Å²) in [6.45, 7) is 5.54. The van der Waals surface area contributed by atoms with Gasteiger partial charge in [0.05, 0.1) is 0 Å². The summed E-state index contributed by atoms with van der Waals surface area (Å²) in [5, 5.41) is 3.62. The molecule has 0 saturated heterocycles. The largest absolute Gasteiger partial charge is 0.426 e. The van der Waals surface area contributed by atoms with Crippen LogP contribution in [0.4, 0.5) is 0 Å². The van der Waals surface area contributed by atoms with E-state index in [9.17, 15) is 4.79 Å². The number of hydrogen-bond donors (Lipinski definition) is 1. The highest BCUT2D eigenvalue weighted by Gasteiger charge is 2.21. The van der Waals surface area contributed by atoms with Gasteiger partial charge in [0.1, 0.15) is 5.75 Å². The van der Waals surface area contributed by atoms with E-state index in [1.54, 1.807) is 0 Å². The third kappa shape index (κ3) is 8.34. The number of rotatable bonds is 14. The number of benzene rings is 1. The lowest BCUT2D eigenvalue weighted by Gasteiger charge is -2.26. The molecule has 1 unspecified atom stereocenters. The molecule has 0 saturated carbocycles. The molecule has 158 valence electrons. The maximum absolute atomic E-state index is 12.3. The van der Waals surface area contributed by atoms with Crippen LogP contribution in [-0.2, 0) is 17.6 Å². The van der Waals surface area contributed by atoms with Crippen LogP contribution >= 0.6 is 0 Å². The Morgan fingerprint density at radius 3 is 2.43 bits per heavy atom. The van der Waals surface area contributed by atoms with E-state index < -0.39 is 0 Å². The smallest absolute Gasteiger partial charge is 0.311 e. The van der Waals surface area contributed by atoms with Crippen molar-refractivity contribution in [1.29, 1.82) is 0 Å². The molecule has 28 heavy (non-hydrogen) atoms. The number of fused-ring (bicyclic) bond motifs is 1. The summed E-state index contributed by atoms with van der Waals surface area (Å²) in [5.41, 5.74) is 2.59. The van der Waals surface area contributed by atoms with Gasteiger partial charge in [-0.3, -0.25) is 4.79 Å². The molecule has 1 aromatic rings. The highest BCUT2D eigenvalue weighted by Crippen LogP contribution is 2.30. The normalized spacial score (nSPS) is 16.0. The predicted molar refractivity (Wildman–Crippen MR) is 118 cm³/mol. The molecule has 0 bridgehead atoms. The van der Waals surface area contributed by atoms with E-state index in [0.717, 1.165) is 44.4 Å². The number of carbonyl (C=O) groups is 1. The highest BCUT2D eigenvalue weighted by molar-refractivity contribution is 5.73. The molecule has 1 atom stereocenters. The fourth-order valence-electron chi connectivity index (χ4n) is 4.14. The Hall–Kier alpha value is -1.35. The van der Waals surface area contributed by atoms with Gasteiger partial charge in [-0.1, -0.05) is 77.3 Å². The molecule has 3 nitrogen and oxygen atoms in total. The van der Waals surface area contributed by atoms with Gasteiger partial charge in [-0.2, -0.15) is 0 Å². The summed E-state index contributed by atoms with van der Waals surface area (Å²) in [5.74, 6) is 0.731. The molecule has 1 aliphatic rings. The zero-order chi connectivity index (χ0) is 20.0. The summed E-state index contributed by atoms with van der Waals surface area (Å²) < 4.78 is 5.74. The molecule has 2 rings (SSSR count). The maximum Gasteiger partial charge on any atom is 0.311 e. The van der Waals surface area contributed by atoms with Gasteiger partial charge < -0.3 is 10.1 Å². The first-order chi connectivity index (χ1) is 13.7. The van der Waals surface area contributed by atoms with Crippen molar-refractivity contribution in [1.82, 2.24) is 5.32 Å². The Morgan fingerprint density at radius 1 is 1.00 bits per heavy atom. The number of unbranched alkanes of at least 4 members (excludes halogenated alkanes) is 8. The zero-order valence-electron chi connectivity index (χ0n) is 18.2. The topological polar surface area (TPSA) is 38.3 Å².